The third-order valence-electron chi connectivity index (χ3n) is 2.62. The normalized spacial score (nSPS) is 16.9. The number of carbonyl (C=O) groups is 2. The van der Waals surface area contributed by atoms with Gasteiger partial charge in [-0.25, -0.2) is 9.86 Å². The number of hydrogen-bond donors (Lipinski definition) is 1. The van der Waals surface area contributed by atoms with E-state index in [0.29, 0.717) is 0 Å². The van der Waals surface area contributed by atoms with E-state index in [4.69, 9.17) is 9.57 Å². The second-order valence-corrected chi connectivity index (χ2v) is 5.48. The van der Waals surface area contributed by atoms with Crippen LogP contribution in [-0.4, -0.2) is 42.9 Å². The van der Waals surface area contributed by atoms with Gasteiger partial charge in [-0.2, -0.15) is 0 Å². The van der Waals surface area contributed by atoms with E-state index in [1.807, 2.05) is 0 Å². The van der Waals surface area contributed by atoms with Gasteiger partial charge in [0.1, 0.15) is 11.6 Å². The first-order valence-corrected chi connectivity index (χ1v) is 6.06. The van der Waals surface area contributed by atoms with Gasteiger partial charge in [0.25, 0.3) is 5.91 Å². The van der Waals surface area contributed by atoms with Crippen LogP contribution in [0.4, 0.5) is 4.79 Å². The van der Waals surface area contributed by atoms with E-state index in [2.05, 4.69) is 5.32 Å². The van der Waals surface area contributed by atoms with Gasteiger partial charge < -0.3 is 10.1 Å². The lowest BCUT2D eigenvalue weighted by atomic mass is 10.1. The van der Waals surface area contributed by atoms with Gasteiger partial charge in [-0.3, -0.25) is 9.63 Å². The van der Waals surface area contributed by atoms with Gasteiger partial charge >= 0.3 is 6.09 Å². The Morgan fingerprint density at radius 3 is 2.28 bits per heavy atom. The molecular formula is C12H22N2O4. The average molecular weight is 258 g/mol. The maximum Gasteiger partial charge on any atom is 0.408 e. The van der Waals surface area contributed by atoms with Crippen molar-refractivity contribution in [3.05, 3.63) is 0 Å². The molecule has 0 saturated heterocycles. The first kappa shape index (κ1) is 14.8. The van der Waals surface area contributed by atoms with Crippen LogP contribution in [0.5, 0.6) is 0 Å². The van der Waals surface area contributed by atoms with Crippen LogP contribution in [0.25, 0.3) is 0 Å². The molecule has 1 saturated carbocycles. The Balaban J connectivity index is 2.58. The van der Waals surface area contributed by atoms with Crippen molar-refractivity contribution in [2.24, 2.45) is 5.92 Å². The summed E-state index contributed by atoms with van der Waals surface area (Å²) in [6, 6.07) is -0.565. The molecule has 0 radical (unpaired) electrons. The summed E-state index contributed by atoms with van der Waals surface area (Å²) in [6.07, 6.45) is 1.30. The second kappa shape index (κ2) is 5.56. The zero-order valence-corrected chi connectivity index (χ0v) is 11.6. The Morgan fingerprint density at radius 2 is 1.89 bits per heavy atom. The Morgan fingerprint density at radius 1 is 1.33 bits per heavy atom. The number of hydroxylamine groups is 2. The van der Waals surface area contributed by atoms with Crippen LogP contribution in [0.15, 0.2) is 0 Å². The number of likely N-dealkylation sites (N-methyl/N-ethyl adjacent to an activating group) is 1. The number of hydrogen-bond acceptors (Lipinski definition) is 4. The first-order valence-electron chi connectivity index (χ1n) is 6.06. The van der Waals surface area contributed by atoms with Crippen LogP contribution < -0.4 is 5.32 Å². The third kappa shape index (κ3) is 4.52. The van der Waals surface area contributed by atoms with Crippen molar-refractivity contribution >= 4 is 12.0 Å². The number of amides is 2. The smallest absolute Gasteiger partial charge is 0.408 e. The molecular weight excluding hydrogens is 236 g/mol. The number of nitrogens with zero attached hydrogens (tertiary/aromatic N) is 1. The van der Waals surface area contributed by atoms with Gasteiger partial charge in [0.2, 0.25) is 0 Å². The van der Waals surface area contributed by atoms with Crippen molar-refractivity contribution in [1.82, 2.24) is 10.4 Å². The highest BCUT2D eigenvalue weighted by Gasteiger charge is 2.39. The Labute approximate surface area is 108 Å². The Hall–Kier alpha value is -1.30. The molecule has 0 unspecified atom stereocenters. The molecule has 0 aromatic rings. The molecule has 104 valence electrons. The van der Waals surface area contributed by atoms with E-state index in [1.165, 1.54) is 14.2 Å². The number of alkyl carbamates (subject to hydrolysis) is 1. The first-order chi connectivity index (χ1) is 8.24. The quantitative estimate of drug-likeness (QED) is 0.772. The standard InChI is InChI=1S/C12H22N2O4/c1-12(2,3)18-11(16)13-9(8-6-7-8)10(15)14(4)17-5/h8-9H,6-7H2,1-5H3,(H,13,16)/t9-/m1/s1. The van der Waals surface area contributed by atoms with Crippen molar-refractivity contribution in [3.63, 3.8) is 0 Å². The highest BCUT2D eigenvalue weighted by molar-refractivity contribution is 5.85. The van der Waals surface area contributed by atoms with Crippen molar-refractivity contribution in [3.8, 4) is 0 Å². The minimum Gasteiger partial charge on any atom is -0.444 e. The minimum atomic E-state index is -0.575. The summed E-state index contributed by atoms with van der Waals surface area (Å²) >= 11 is 0. The van der Waals surface area contributed by atoms with Crippen LogP contribution in [0.2, 0.25) is 0 Å². The molecule has 6 nitrogen and oxygen atoms in total. The zero-order chi connectivity index (χ0) is 13.9. The molecule has 0 heterocycles. The molecule has 1 rings (SSSR count). The van der Waals surface area contributed by atoms with E-state index in [-0.39, 0.29) is 11.8 Å². The lowest BCUT2D eigenvalue weighted by Gasteiger charge is -2.25. The van der Waals surface area contributed by atoms with Crippen molar-refractivity contribution in [2.45, 2.75) is 45.3 Å². The van der Waals surface area contributed by atoms with E-state index < -0.39 is 17.7 Å². The SMILES string of the molecule is CON(C)C(=O)[C@H](NC(=O)OC(C)(C)C)C1CC1. The summed E-state index contributed by atoms with van der Waals surface area (Å²) < 4.78 is 5.15. The molecule has 6 heteroatoms. The molecule has 1 fully saturated rings. The van der Waals surface area contributed by atoms with Gasteiger partial charge in [-0.05, 0) is 39.5 Å². The van der Waals surface area contributed by atoms with Crippen LogP contribution in [0, 0.1) is 5.92 Å². The van der Waals surface area contributed by atoms with E-state index in [9.17, 15) is 9.59 Å². The van der Waals surface area contributed by atoms with E-state index in [0.717, 1.165) is 17.9 Å². The highest BCUT2D eigenvalue weighted by Crippen LogP contribution is 2.33. The number of nitrogens with one attached hydrogen (secondary N) is 1. The molecule has 1 aliphatic rings. The fourth-order valence-corrected chi connectivity index (χ4v) is 1.53. The molecule has 0 spiro atoms. The monoisotopic (exact) mass is 258 g/mol. The maximum absolute atomic E-state index is 12.0. The average Bonchev–Trinajstić information content (AvgIpc) is 3.05. The van der Waals surface area contributed by atoms with Gasteiger partial charge in [0.05, 0.1) is 7.11 Å². The van der Waals surface area contributed by atoms with Crippen molar-refractivity contribution in [1.29, 1.82) is 0 Å². The van der Waals surface area contributed by atoms with Crippen LogP contribution in [0.1, 0.15) is 33.6 Å². The number of rotatable bonds is 4. The van der Waals surface area contributed by atoms with Gasteiger partial charge in [-0.15, -0.1) is 0 Å². The molecule has 0 aliphatic heterocycles. The third-order valence-corrected chi connectivity index (χ3v) is 2.62. The summed E-state index contributed by atoms with van der Waals surface area (Å²) in [5.41, 5.74) is -0.575. The van der Waals surface area contributed by atoms with Crippen molar-refractivity contribution in [2.75, 3.05) is 14.2 Å². The van der Waals surface area contributed by atoms with Crippen molar-refractivity contribution < 1.29 is 19.2 Å². The fraction of sp³-hybridized carbons (Fsp3) is 0.833. The second-order valence-electron chi connectivity index (χ2n) is 5.48. The summed E-state index contributed by atoms with van der Waals surface area (Å²) in [6.45, 7) is 5.34. The van der Waals surface area contributed by atoms with Gasteiger partial charge in [-0.1, -0.05) is 0 Å². The number of carbonyl (C=O) groups excluding carboxylic acids is 2. The van der Waals surface area contributed by atoms with E-state index >= 15 is 0 Å². The fourth-order valence-electron chi connectivity index (χ4n) is 1.53. The molecule has 1 N–H and O–H groups in total. The predicted molar refractivity (Wildman–Crippen MR) is 65.7 cm³/mol. The molecule has 1 aliphatic carbocycles. The molecule has 0 bridgehead atoms. The maximum atomic E-state index is 12.0. The lowest BCUT2D eigenvalue weighted by molar-refractivity contribution is -0.171. The Bertz CT molecular complexity index is 321. The minimum absolute atomic E-state index is 0.183. The van der Waals surface area contributed by atoms with E-state index in [1.54, 1.807) is 20.8 Å². The predicted octanol–water partition coefficient (Wildman–Crippen LogP) is 1.31. The lowest BCUT2D eigenvalue weighted by Crippen LogP contribution is -2.49. The molecule has 18 heavy (non-hydrogen) atoms. The molecule has 1 atom stereocenters. The van der Waals surface area contributed by atoms with Crippen LogP contribution in [-0.2, 0) is 14.4 Å². The molecule has 0 aromatic carbocycles. The molecule has 0 aromatic heterocycles. The highest BCUT2D eigenvalue weighted by atomic mass is 16.7. The summed E-state index contributed by atoms with van der Waals surface area (Å²) in [7, 11) is 2.93. The van der Waals surface area contributed by atoms with Crippen LogP contribution >= 0.6 is 0 Å². The zero-order valence-electron chi connectivity index (χ0n) is 11.6. The van der Waals surface area contributed by atoms with Gasteiger partial charge in [0, 0.05) is 7.05 Å². The topological polar surface area (TPSA) is 67.9 Å². The summed E-state index contributed by atoms with van der Waals surface area (Å²) in [5, 5.41) is 3.74. The van der Waals surface area contributed by atoms with Crippen LogP contribution in [0.3, 0.4) is 0 Å². The summed E-state index contributed by atoms with van der Waals surface area (Å²) in [4.78, 5) is 28.5. The van der Waals surface area contributed by atoms with Gasteiger partial charge in [0.15, 0.2) is 0 Å². The Kier molecular flexibility index (Phi) is 4.56. The largest absolute Gasteiger partial charge is 0.444 e. The number of ether oxygens (including phenoxy) is 1. The molecule has 2 amide bonds. The summed E-state index contributed by atoms with van der Waals surface area (Å²) in [5.74, 6) is -0.0755.